The largest absolute Gasteiger partial charge is 0.487 e. The van der Waals surface area contributed by atoms with E-state index < -0.39 is 11.9 Å². The SMILES string of the molecule is NC(=O)c1cc(-c2cccc3c(N)nccc23)cc2c(COc3ccccc3CC(=O)O)nn(C3CCCCO3)c12. The van der Waals surface area contributed by atoms with E-state index in [4.69, 9.17) is 26.0 Å². The molecular weight excluding hydrogens is 522 g/mol. The highest BCUT2D eigenvalue weighted by molar-refractivity contribution is 6.09. The van der Waals surface area contributed by atoms with Gasteiger partial charge in [0.1, 0.15) is 23.9 Å². The quantitative estimate of drug-likeness (QED) is 0.247. The van der Waals surface area contributed by atoms with Crippen molar-refractivity contribution in [3.05, 3.63) is 83.7 Å². The molecule has 0 saturated carbocycles. The number of pyridine rings is 1. The monoisotopic (exact) mass is 551 g/mol. The summed E-state index contributed by atoms with van der Waals surface area (Å²) in [4.78, 5) is 28.5. The van der Waals surface area contributed by atoms with Gasteiger partial charge in [-0.15, -0.1) is 0 Å². The minimum Gasteiger partial charge on any atom is -0.487 e. The number of hydrogen-bond donors (Lipinski definition) is 3. The fourth-order valence-electron chi connectivity index (χ4n) is 5.49. The Morgan fingerprint density at radius 1 is 1.05 bits per heavy atom. The predicted octanol–water partition coefficient (Wildman–Crippen LogP) is 4.84. The predicted molar refractivity (Wildman–Crippen MR) is 154 cm³/mol. The van der Waals surface area contributed by atoms with Gasteiger partial charge in [-0.3, -0.25) is 9.59 Å². The normalized spacial score (nSPS) is 15.3. The summed E-state index contributed by atoms with van der Waals surface area (Å²) in [5, 5.41) is 16.6. The minimum absolute atomic E-state index is 0.0426. The number of anilines is 1. The van der Waals surface area contributed by atoms with Crippen molar-refractivity contribution < 1.29 is 24.2 Å². The van der Waals surface area contributed by atoms with Gasteiger partial charge in [0, 0.05) is 29.1 Å². The van der Waals surface area contributed by atoms with Gasteiger partial charge in [0.15, 0.2) is 6.23 Å². The molecule has 0 spiro atoms. The second kappa shape index (κ2) is 10.9. The lowest BCUT2D eigenvalue weighted by atomic mass is 9.95. The van der Waals surface area contributed by atoms with Gasteiger partial charge in [-0.1, -0.05) is 36.4 Å². The number of carbonyl (C=O) groups is 2. The van der Waals surface area contributed by atoms with E-state index >= 15 is 0 Å². The van der Waals surface area contributed by atoms with Gasteiger partial charge < -0.3 is 26.0 Å². The van der Waals surface area contributed by atoms with Crippen LogP contribution in [0.1, 0.15) is 47.1 Å². The lowest BCUT2D eigenvalue weighted by Gasteiger charge is -2.24. The van der Waals surface area contributed by atoms with Gasteiger partial charge in [0.2, 0.25) is 0 Å². The van der Waals surface area contributed by atoms with E-state index in [-0.39, 0.29) is 19.3 Å². The van der Waals surface area contributed by atoms with Crippen molar-refractivity contribution in [3.63, 3.8) is 0 Å². The number of nitrogen functional groups attached to an aromatic ring is 1. The van der Waals surface area contributed by atoms with Crippen LogP contribution < -0.4 is 16.2 Å². The molecule has 6 rings (SSSR count). The number of carboxylic acid groups (broad SMARTS) is 1. The third kappa shape index (κ3) is 5.05. The van der Waals surface area contributed by atoms with Crippen molar-refractivity contribution in [1.29, 1.82) is 0 Å². The minimum atomic E-state index is -0.952. The van der Waals surface area contributed by atoms with Crippen LogP contribution in [0.5, 0.6) is 5.75 Å². The first-order chi connectivity index (χ1) is 19.9. The molecular formula is C31H29N5O5. The Labute approximate surface area is 235 Å². The van der Waals surface area contributed by atoms with Crippen molar-refractivity contribution in [2.75, 3.05) is 12.3 Å². The van der Waals surface area contributed by atoms with Crippen molar-refractivity contribution in [1.82, 2.24) is 14.8 Å². The van der Waals surface area contributed by atoms with E-state index in [0.29, 0.717) is 45.9 Å². The Kier molecular flexibility index (Phi) is 6.98. The highest BCUT2D eigenvalue weighted by atomic mass is 16.5. The molecule has 2 aromatic heterocycles. The smallest absolute Gasteiger partial charge is 0.307 e. The van der Waals surface area contributed by atoms with E-state index in [9.17, 15) is 14.7 Å². The van der Waals surface area contributed by atoms with Gasteiger partial charge in [0.05, 0.1) is 17.5 Å². The summed E-state index contributed by atoms with van der Waals surface area (Å²) in [6.07, 6.45) is 3.80. The van der Waals surface area contributed by atoms with Crippen LogP contribution in [0.25, 0.3) is 32.8 Å². The average Bonchev–Trinajstić information content (AvgIpc) is 3.35. The number of aromatic nitrogens is 3. The molecule has 5 N–H and O–H groups in total. The van der Waals surface area contributed by atoms with Crippen molar-refractivity contribution >= 4 is 39.4 Å². The fraction of sp³-hybridized carbons (Fsp3) is 0.226. The molecule has 41 heavy (non-hydrogen) atoms. The van der Waals surface area contributed by atoms with E-state index in [1.807, 2.05) is 30.3 Å². The van der Waals surface area contributed by atoms with Crippen LogP contribution in [-0.4, -0.2) is 38.4 Å². The number of para-hydroxylation sites is 1. The lowest BCUT2D eigenvalue weighted by Crippen LogP contribution is -2.21. The summed E-state index contributed by atoms with van der Waals surface area (Å²) < 4.78 is 13.9. The standard InChI is InChI=1S/C31H29N5O5/c32-30-22-8-5-7-20(21(22)11-12-34-30)19-14-23-25(17-41-26-9-2-1-6-18(26)16-28(37)38)35-36(27-10-3-4-13-40-27)29(23)24(15-19)31(33)39/h1-2,5-9,11-12,14-15,27H,3-4,10,13,16-17H2,(H2,32,34)(H2,33,39)(H,37,38). The molecule has 1 saturated heterocycles. The topological polar surface area (TPSA) is 156 Å². The number of nitrogens with two attached hydrogens (primary N) is 2. The highest BCUT2D eigenvalue weighted by Gasteiger charge is 2.26. The molecule has 208 valence electrons. The Bertz CT molecular complexity index is 1790. The van der Waals surface area contributed by atoms with Gasteiger partial charge in [0.25, 0.3) is 5.91 Å². The molecule has 0 aliphatic carbocycles. The first-order valence-corrected chi connectivity index (χ1v) is 13.4. The number of ether oxygens (including phenoxy) is 2. The number of aliphatic carboxylic acids is 1. The summed E-state index contributed by atoms with van der Waals surface area (Å²) in [5.41, 5.74) is 15.8. The van der Waals surface area contributed by atoms with E-state index in [1.165, 1.54) is 0 Å². The molecule has 0 radical (unpaired) electrons. The summed E-state index contributed by atoms with van der Waals surface area (Å²) in [7, 11) is 0. The van der Waals surface area contributed by atoms with Crippen LogP contribution in [0.4, 0.5) is 5.82 Å². The Morgan fingerprint density at radius 2 is 1.90 bits per heavy atom. The van der Waals surface area contributed by atoms with Crippen molar-refractivity contribution in [2.24, 2.45) is 5.73 Å². The molecule has 1 aliphatic heterocycles. The Morgan fingerprint density at radius 3 is 2.68 bits per heavy atom. The maximum Gasteiger partial charge on any atom is 0.307 e. The number of carbonyl (C=O) groups excluding carboxylic acids is 1. The molecule has 1 amide bonds. The third-order valence-corrected chi connectivity index (χ3v) is 7.40. The molecule has 1 fully saturated rings. The van der Waals surface area contributed by atoms with Crippen LogP contribution in [-0.2, 0) is 22.6 Å². The number of rotatable bonds is 8. The molecule has 5 aromatic rings. The maximum atomic E-state index is 12.9. The molecule has 10 nitrogen and oxygen atoms in total. The summed E-state index contributed by atoms with van der Waals surface area (Å²) >= 11 is 0. The Hall–Kier alpha value is -4.96. The number of primary amides is 1. The molecule has 10 heteroatoms. The summed E-state index contributed by atoms with van der Waals surface area (Å²) in [6, 6.07) is 18.4. The second-order valence-electron chi connectivity index (χ2n) is 10.1. The van der Waals surface area contributed by atoms with Crippen molar-refractivity contribution in [2.45, 2.75) is 38.5 Å². The molecule has 1 unspecified atom stereocenters. The molecule has 1 atom stereocenters. The van der Waals surface area contributed by atoms with Crippen LogP contribution >= 0.6 is 0 Å². The van der Waals surface area contributed by atoms with Crippen LogP contribution in [0.2, 0.25) is 0 Å². The van der Waals surface area contributed by atoms with Gasteiger partial charge in [-0.2, -0.15) is 5.10 Å². The lowest BCUT2D eigenvalue weighted by molar-refractivity contribution is -0.136. The van der Waals surface area contributed by atoms with E-state index in [2.05, 4.69) is 4.98 Å². The fourth-order valence-corrected chi connectivity index (χ4v) is 5.49. The molecule has 0 bridgehead atoms. The zero-order valence-electron chi connectivity index (χ0n) is 22.2. The first-order valence-electron chi connectivity index (χ1n) is 13.4. The van der Waals surface area contributed by atoms with Crippen LogP contribution in [0.3, 0.4) is 0 Å². The third-order valence-electron chi connectivity index (χ3n) is 7.40. The van der Waals surface area contributed by atoms with E-state index in [1.54, 1.807) is 41.2 Å². The van der Waals surface area contributed by atoms with Gasteiger partial charge >= 0.3 is 5.97 Å². The number of amides is 1. The average molecular weight is 552 g/mol. The van der Waals surface area contributed by atoms with Gasteiger partial charge in [-0.05, 0) is 60.0 Å². The maximum absolute atomic E-state index is 12.9. The molecule has 3 aromatic carbocycles. The zero-order chi connectivity index (χ0) is 28.5. The van der Waals surface area contributed by atoms with Crippen molar-refractivity contribution in [3.8, 4) is 16.9 Å². The Balaban J connectivity index is 1.52. The highest BCUT2D eigenvalue weighted by Crippen LogP contribution is 2.37. The molecule has 1 aliphatic rings. The number of nitrogens with zero attached hydrogens (tertiary/aromatic N) is 3. The number of carboxylic acids is 1. The van der Waals surface area contributed by atoms with Crippen LogP contribution in [0, 0.1) is 0 Å². The molecule has 3 heterocycles. The summed E-state index contributed by atoms with van der Waals surface area (Å²) in [6.45, 7) is 0.636. The zero-order valence-corrected chi connectivity index (χ0v) is 22.2. The number of hydrogen-bond acceptors (Lipinski definition) is 7. The van der Waals surface area contributed by atoms with E-state index in [0.717, 1.165) is 41.2 Å². The first kappa shape index (κ1) is 26.3. The number of benzene rings is 3. The van der Waals surface area contributed by atoms with Crippen LogP contribution in [0.15, 0.2) is 66.9 Å². The number of fused-ring (bicyclic) bond motifs is 2. The summed E-state index contributed by atoms with van der Waals surface area (Å²) in [5.74, 6) is -0.673. The van der Waals surface area contributed by atoms with Gasteiger partial charge in [-0.25, -0.2) is 9.67 Å². The second-order valence-corrected chi connectivity index (χ2v) is 10.1.